The third-order valence-corrected chi connectivity index (χ3v) is 2.20. The van der Waals surface area contributed by atoms with Crippen molar-refractivity contribution in [3.8, 4) is 11.8 Å². The molecule has 0 aliphatic carbocycles. The third kappa shape index (κ3) is 2.61. The molecule has 0 bridgehead atoms. The van der Waals surface area contributed by atoms with Crippen LogP contribution in [0.15, 0.2) is 24.3 Å². The smallest absolute Gasteiger partial charge is 0.331 e. The molecule has 0 saturated heterocycles. The average Bonchev–Trinajstić information content (AvgIpc) is 2.38. The van der Waals surface area contributed by atoms with Crippen LogP contribution in [-0.2, 0) is 9.53 Å². The van der Waals surface area contributed by atoms with Gasteiger partial charge >= 0.3 is 5.97 Å². The summed E-state index contributed by atoms with van der Waals surface area (Å²) in [6, 6.07) is 8.02. The number of ketones is 1. The van der Waals surface area contributed by atoms with Gasteiger partial charge in [0.1, 0.15) is 5.75 Å². The van der Waals surface area contributed by atoms with Crippen LogP contribution in [0.25, 0.3) is 0 Å². The molecule has 0 N–H and O–H groups in total. The number of nitrogens with zero attached hydrogens (tertiary/aromatic N) is 1. The van der Waals surface area contributed by atoms with Crippen molar-refractivity contribution in [2.75, 3.05) is 14.2 Å². The number of Topliss-reactive ketones (excluding diaryl/α,β-unsaturated/α-hetero) is 1. The molecular formula is C12H11NO4. The Labute approximate surface area is 98.6 Å². The Morgan fingerprint density at radius 2 is 1.94 bits per heavy atom. The first-order valence-corrected chi connectivity index (χ1v) is 4.80. The summed E-state index contributed by atoms with van der Waals surface area (Å²) in [6.45, 7) is 0. The van der Waals surface area contributed by atoms with Crippen molar-refractivity contribution in [3.05, 3.63) is 29.8 Å². The maximum atomic E-state index is 12.0. The minimum absolute atomic E-state index is 0.187. The van der Waals surface area contributed by atoms with E-state index in [4.69, 9.17) is 10.00 Å². The van der Waals surface area contributed by atoms with Gasteiger partial charge in [-0.3, -0.25) is 9.59 Å². The van der Waals surface area contributed by atoms with Crippen molar-refractivity contribution < 1.29 is 19.1 Å². The van der Waals surface area contributed by atoms with Crippen LogP contribution in [0.4, 0.5) is 0 Å². The summed E-state index contributed by atoms with van der Waals surface area (Å²) >= 11 is 0. The van der Waals surface area contributed by atoms with Gasteiger partial charge in [-0.15, -0.1) is 0 Å². The molecule has 0 aliphatic heterocycles. The molecule has 0 heterocycles. The molecule has 1 rings (SSSR count). The first-order chi connectivity index (χ1) is 8.15. The molecule has 5 nitrogen and oxygen atoms in total. The number of hydrogen-bond acceptors (Lipinski definition) is 5. The molecule has 0 aliphatic rings. The Morgan fingerprint density at radius 3 is 2.47 bits per heavy atom. The minimum Gasteiger partial charge on any atom is -0.496 e. The number of carbonyl (C=O) groups excluding carboxylic acids is 2. The van der Waals surface area contributed by atoms with E-state index in [9.17, 15) is 9.59 Å². The second-order valence-electron chi connectivity index (χ2n) is 3.15. The highest BCUT2D eigenvalue weighted by atomic mass is 16.5. The number of nitriles is 1. The summed E-state index contributed by atoms with van der Waals surface area (Å²) in [6.07, 6.45) is 0. The zero-order valence-electron chi connectivity index (χ0n) is 9.47. The van der Waals surface area contributed by atoms with Gasteiger partial charge in [0.15, 0.2) is 5.78 Å². The van der Waals surface area contributed by atoms with Gasteiger partial charge in [0, 0.05) is 0 Å². The largest absolute Gasteiger partial charge is 0.496 e. The number of hydrogen-bond donors (Lipinski definition) is 0. The van der Waals surface area contributed by atoms with Crippen LogP contribution >= 0.6 is 0 Å². The lowest BCUT2D eigenvalue weighted by Crippen LogP contribution is -2.24. The lowest BCUT2D eigenvalue weighted by atomic mass is 9.98. The molecule has 1 atom stereocenters. The standard InChI is InChI=1S/C12H11NO4/c1-16-10-6-4-3-5-8(10)11(14)9(7-13)12(15)17-2/h3-6,9H,1-2H3/t9-/m1/s1. The van der Waals surface area contributed by atoms with E-state index in [1.165, 1.54) is 13.2 Å². The Balaban J connectivity index is 3.11. The SMILES string of the molecule is COC(=O)[C@H](C#N)C(=O)c1ccccc1OC. The van der Waals surface area contributed by atoms with Crippen molar-refractivity contribution in [1.82, 2.24) is 0 Å². The van der Waals surface area contributed by atoms with Gasteiger partial charge in [0.05, 0.1) is 25.9 Å². The highest BCUT2D eigenvalue weighted by molar-refractivity contribution is 6.11. The zero-order valence-corrected chi connectivity index (χ0v) is 9.47. The van der Waals surface area contributed by atoms with Crippen LogP contribution < -0.4 is 4.74 Å². The minimum atomic E-state index is -1.46. The van der Waals surface area contributed by atoms with E-state index in [2.05, 4.69) is 4.74 Å². The maximum Gasteiger partial charge on any atom is 0.331 e. The molecule has 1 aromatic rings. The van der Waals surface area contributed by atoms with Crippen molar-refractivity contribution in [2.45, 2.75) is 0 Å². The summed E-state index contributed by atoms with van der Waals surface area (Å²) in [7, 11) is 2.54. The Bertz CT molecular complexity index is 476. The van der Waals surface area contributed by atoms with Crippen LogP contribution in [0.3, 0.4) is 0 Å². The number of benzene rings is 1. The fraction of sp³-hybridized carbons (Fsp3) is 0.250. The first-order valence-electron chi connectivity index (χ1n) is 4.80. The molecule has 5 heteroatoms. The fourth-order valence-electron chi connectivity index (χ4n) is 1.34. The summed E-state index contributed by atoms with van der Waals surface area (Å²) in [5, 5.41) is 8.81. The van der Waals surface area contributed by atoms with E-state index in [1.54, 1.807) is 24.3 Å². The summed E-state index contributed by atoms with van der Waals surface area (Å²) in [5.41, 5.74) is 0.187. The predicted molar refractivity (Wildman–Crippen MR) is 58.4 cm³/mol. The highest BCUT2D eigenvalue weighted by Crippen LogP contribution is 2.21. The molecule has 0 saturated carbocycles. The lowest BCUT2D eigenvalue weighted by molar-refractivity contribution is -0.141. The van der Waals surface area contributed by atoms with Crippen molar-refractivity contribution in [2.24, 2.45) is 5.92 Å². The summed E-state index contributed by atoms with van der Waals surface area (Å²) in [4.78, 5) is 23.2. The highest BCUT2D eigenvalue weighted by Gasteiger charge is 2.30. The normalized spacial score (nSPS) is 11.1. The van der Waals surface area contributed by atoms with E-state index >= 15 is 0 Å². The van der Waals surface area contributed by atoms with E-state index < -0.39 is 17.7 Å². The molecule has 0 spiro atoms. The Hall–Kier alpha value is -2.35. The van der Waals surface area contributed by atoms with Gasteiger partial charge < -0.3 is 9.47 Å². The van der Waals surface area contributed by atoms with Gasteiger partial charge in [0.25, 0.3) is 0 Å². The molecule has 17 heavy (non-hydrogen) atoms. The number of rotatable bonds is 4. The fourth-order valence-corrected chi connectivity index (χ4v) is 1.34. The molecular weight excluding hydrogens is 222 g/mol. The molecule has 0 amide bonds. The molecule has 1 aromatic carbocycles. The van der Waals surface area contributed by atoms with Gasteiger partial charge in [-0.25, -0.2) is 0 Å². The van der Waals surface area contributed by atoms with Crippen molar-refractivity contribution in [3.63, 3.8) is 0 Å². The summed E-state index contributed by atoms with van der Waals surface area (Å²) in [5.74, 6) is -2.64. The average molecular weight is 233 g/mol. The monoisotopic (exact) mass is 233 g/mol. The van der Waals surface area contributed by atoms with Crippen LogP contribution in [0.5, 0.6) is 5.75 Å². The Morgan fingerprint density at radius 1 is 1.29 bits per heavy atom. The molecule has 88 valence electrons. The first kappa shape index (κ1) is 12.7. The van der Waals surface area contributed by atoms with Crippen molar-refractivity contribution in [1.29, 1.82) is 5.26 Å². The number of para-hydroxylation sites is 1. The molecule has 0 radical (unpaired) electrons. The van der Waals surface area contributed by atoms with Gasteiger partial charge in [0.2, 0.25) is 5.92 Å². The van der Waals surface area contributed by atoms with E-state index in [0.717, 1.165) is 7.11 Å². The second kappa shape index (κ2) is 5.66. The lowest BCUT2D eigenvalue weighted by Gasteiger charge is -2.09. The number of esters is 1. The third-order valence-electron chi connectivity index (χ3n) is 2.20. The second-order valence-corrected chi connectivity index (χ2v) is 3.15. The zero-order chi connectivity index (χ0) is 12.8. The van der Waals surface area contributed by atoms with Crippen LogP contribution in [0.2, 0.25) is 0 Å². The number of methoxy groups -OCH3 is 2. The van der Waals surface area contributed by atoms with Gasteiger partial charge in [-0.05, 0) is 12.1 Å². The van der Waals surface area contributed by atoms with Crippen LogP contribution in [-0.4, -0.2) is 26.0 Å². The van der Waals surface area contributed by atoms with E-state index in [-0.39, 0.29) is 5.56 Å². The molecule has 0 aromatic heterocycles. The van der Waals surface area contributed by atoms with Gasteiger partial charge in [-0.2, -0.15) is 5.26 Å². The number of ether oxygens (including phenoxy) is 2. The van der Waals surface area contributed by atoms with Crippen LogP contribution in [0, 0.1) is 17.2 Å². The molecule has 0 fully saturated rings. The predicted octanol–water partition coefficient (Wildman–Crippen LogP) is 1.19. The Kier molecular flexibility index (Phi) is 4.23. The van der Waals surface area contributed by atoms with Crippen molar-refractivity contribution >= 4 is 11.8 Å². The van der Waals surface area contributed by atoms with Gasteiger partial charge in [-0.1, -0.05) is 12.1 Å². The topological polar surface area (TPSA) is 76.4 Å². The quantitative estimate of drug-likeness (QED) is 0.443. The van der Waals surface area contributed by atoms with E-state index in [1.807, 2.05) is 0 Å². The van der Waals surface area contributed by atoms with Crippen LogP contribution in [0.1, 0.15) is 10.4 Å². The maximum absolute atomic E-state index is 12.0. The number of carbonyl (C=O) groups is 2. The molecule has 0 unspecified atom stereocenters. The summed E-state index contributed by atoms with van der Waals surface area (Å²) < 4.78 is 9.39. The van der Waals surface area contributed by atoms with E-state index in [0.29, 0.717) is 5.75 Å².